The Morgan fingerprint density at radius 3 is 2.53 bits per heavy atom. The van der Waals surface area contributed by atoms with Crippen molar-refractivity contribution in [2.45, 2.75) is 24.3 Å². The normalized spacial score (nSPS) is 12.8. The molecular weight excluding hydrogens is 267 g/mol. The van der Waals surface area contributed by atoms with E-state index in [-0.39, 0.29) is 11.6 Å². The molecule has 3 N–H and O–H groups in total. The van der Waals surface area contributed by atoms with E-state index in [4.69, 9.17) is 17.3 Å². The maximum absolute atomic E-state index is 13.4. The lowest BCUT2D eigenvalue weighted by molar-refractivity contribution is 0.494. The molecule has 1 aromatic rings. The molecule has 0 saturated heterocycles. The minimum absolute atomic E-state index is 0.0139. The van der Waals surface area contributed by atoms with Crippen LogP contribution in [0.4, 0.5) is 4.39 Å². The Hall–Kier alpha value is -0.690. The largest absolute Gasteiger partial charge is 0.324 e. The van der Waals surface area contributed by atoms with Crippen molar-refractivity contribution in [1.29, 1.82) is 0 Å². The molecular formula is C10H14ClFN2O2S. The molecule has 96 valence electrons. The summed E-state index contributed by atoms with van der Waals surface area (Å²) in [7, 11) is -3.99. The fraction of sp³-hybridized carbons (Fsp3) is 0.400. The average molecular weight is 281 g/mol. The molecule has 0 heterocycles. The molecule has 0 saturated carbocycles. The molecule has 0 fully saturated rings. The Kier molecular flexibility index (Phi) is 4.14. The van der Waals surface area contributed by atoms with E-state index in [1.165, 1.54) is 12.1 Å². The predicted molar refractivity (Wildman–Crippen MR) is 64.9 cm³/mol. The molecule has 1 rings (SSSR count). The average Bonchev–Trinajstić information content (AvgIpc) is 2.13. The lowest BCUT2D eigenvalue weighted by atomic mass is 10.1. The number of hydrogen-bond donors (Lipinski definition) is 2. The highest BCUT2D eigenvalue weighted by molar-refractivity contribution is 7.89. The van der Waals surface area contributed by atoms with Gasteiger partial charge in [0.05, 0.1) is 5.02 Å². The third-order valence-electron chi connectivity index (χ3n) is 1.91. The second kappa shape index (κ2) is 4.89. The third-order valence-corrected chi connectivity index (χ3v) is 3.81. The number of nitrogens with one attached hydrogen (secondary N) is 1. The lowest BCUT2D eigenvalue weighted by Crippen LogP contribution is -2.45. The molecule has 7 heteroatoms. The highest BCUT2D eigenvalue weighted by Crippen LogP contribution is 2.23. The first-order valence-corrected chi connectivity index (χ1v) is 6.72. The summed E-state index contributed by atoms with van der Waals surface area (Å²) in [5.41, 5.74) is 4.91. The van der Waals surface area contributed by atoms with Gasteiger partial charge in [0, 0.05) is 12.1 Å². The van der Waals surface area contributed by atoms with E-state index in [0.29, 0.717) is 0 Å². The van der Waals surface area contributed by atoms with E-state index in [1.54, 1.807) is 13.8 Å². The van der Waals surface area contributed by atoms with Gasteiger partial charge in [0.1, 0.15) is 10.7 Å². The van der Waals surface area contributed by atoms with Gasteiger partial charge in [0.15, 0.2) is 0 Å². The van der Waals surface area contributed by atoms with Crippen LogP contribution in [0.3, 0.4) is 0 Å². The zero-order valence-corrected chi connectivity index (χ0v) is 11.1. The smallest absolute Gasteiger partial charge is 0.245 e. The summed E-state index contributed by atoms with van der Waals surface area (Å²) in [4.78, 5) is -0.550. The maximum Gasteiger partial charge on any atom is 0.245 e. The minimum Gasteiger partial charge on any atom is -0.324 e. The Bertz CT molecular complexity index is 491. The van der Waals surface area contributed by atoms with Crippen molar-refractivity contribution in [3.63, 3.8) is 0 Å². The summed E-state index contributed by atoms with van der Waals surface area (Å²) in [5.74, 6) is -0.889. The first kappa shape index (κ1) is 14.4. The van der Waals surface area contributed by atoms with Gasteiger partial charge in [-0.05, 0) is 26.0 Å². The van der Waals surface area contributed by atoms with Crippen molar-refractivity contribution in [2.75, 3.05) is 6.54 Å². The third kappa shape index (κ3) is 3.92. The monoisotopic (exact) mass is 280 g/mol. The highest BCUT2D eigenvalue weighted by Gasteiger charge is 2.24. The van der Waals surface area contributed by atoms with Gasteiger partial charge in [-0.3, -0.25) is 0 Å². The van der Waals surface area contributed by atoms with Gasteiger partial charge in [0.2, 0.25) is 10.0 Å². The van der Waals surface area contributed by atoms with Crippen molar-refractivity contribution < 1.29 is 12.8 Å². The van der Waals surface area contributed by atoms with Crippen LogP contribution in [0.15, 0.2) is 23.1 Å². The number of halogens is 2. The summed E-state index contributed by atoms with van der Waals surface area (Å²) in [5, 5.41) is -0.160. The fourth-order valence-electron chi connectivity index (χ4n) is 1.09. The number of sulfonamides is 1. The fourth-order valence-corrected chi connectivity index (χ4v) is 2.92. The van der Waals surface area contributed by atoms with Crippen LogP contribution in [0.5, 0.6) is 0 Å². The van der Waals surface area contributed by atoms with Crippen LogP contribution < -0.4 is 10.5 Å². The van der Waals surface area contributed by atoms with Crippen molar-refractivity contribution in [3.05, 3.63) is 29.0 Å². The predicted octanol–water partition coefficient (Wildman–Crippen LogP) is 1.49. The van der Waals surface area contributed by atoms with Gasteiger partial charge in [-0.25, -0.2) is 17.5 Å². The molecule has 0 aliphatic carbocycles. The number of benzene rings is 1. The molecule has 1 aromatic carbocycles. The van der Waals surface area contributed by atoms with Gasteiger partial charge in [-0.2, -0.15) is 0 Å². The molecule has 0 aliphatic heterocycles. The van der Waals surface area contributed by atoms with E-state index in [2.05, 4.69) is 4.72 Å². The molecule has 0 aliphatic rings. The summed E-state index contributed by atoms with van der Waals surface area (Å²) in [6.07, 6.45) is 0. The Morgan fingerprint density at radius 2 is 2.06 bits per heavy atom. The Labute approximate surface area is 105 Å². The minimum atomic E-state index is -3.99. The van der Waals surface area contributed by atoms with E-state index >= 15 is 0 Å². The number of hydrogen-bond acceptors (Lipinski definition) is 3. The second-order valence-electron chi connectivity index (χ2n) is 4.36. The van der Waals surface area contributed by atoms with Crippen LogP contribution >= 0.6 is 11.6 Å². The summed E-state index contributed by atoms with van der Waals surface area (Å²) < 4.78 is 39.3. The van der Waals surface area contributed by atoms with Crippen LogP contribution in [0.2, 0.25) is 5.02 Å². The van der Waals surface area contributed by atoms with Crippen molar-refractivity contribution >= 4 is 21.6 Å². The number of rotatable bonds is 4. The Morgan fingerprint density at radius 1 is 1.47 bits per heavy atom. The van der Waals surface area contributed by atoms with E-state index in [0.717, 1.165) is 6.07 Å². The number of nitrogens with two attached hydrogens (primary N) is 1. The van der Waals surface area contributed by atoms with E-state index < -0.39 is 26.3 Å². The van der Waals surface area contributed by atoms with Crippen LogP contribution in [-0.4, -0.2) is 20.5 Å². The quantitative estimate of drug-likeness (QED) is 0.878. The van der Waals surface area contributed by atoms with Gasteiger partial charge in [-0.15, -0.1) is 0 Å². The molecule has 0 unspecified atom stereocenters. The van der Waals surface area contributed by atoms with Crippen LogP contribution in [0.1, 0.15) is 13.8 Å². The van der Waals surface area contributed by atoms with Gasteiger partial charge < -0.3 is 5.73 Å². The molecule has 0 radical (unpaired) electrons. The zero-order chi connectivity index (χ0) is 13.3. The molecule has 17 heavy (non-hydrogen) atoms. The van der Waals surface area contributed by atoms with E-state index in [9.17, 15) is 12.8 Å². The van der Waals surface area contributed by atoms with Crippen LogP contribution in [0, 0.1) is 5.82 Å². The van der Waals surface area contributed by atoms with Gasteiger partial charge in [0.25, 0.3) is 0 Å². The van der Waals surface area contributed by atoms with Crippen molar-refractivity contribution in [2.24, 2.45) is 5.73 Å². The molecule has 4 nitrogen and oxygen atoms in total. The van der Waals surface area contributed by atoms with Crippen molar-refractivity contribution in [3.8, 4) is 0 Å². The second-order valence-corrected chi connectivity index (χ2v) is 6.47. The van der Waals surface area contributed by atoms with Crippen LogP contribution in [0.25, 0.3) is 0 Å². The SMILES string of the molecule is CC(C)(N)CNS(=O)(=O)c1c(F)cccc1Cl. The van der Waals surface area contributed by atoms with Crippen LogP contribution in [-0.2, 0) is 10.0 Å². The van der Waals surface area contributed by atoms with Gasteiger partial charge >= 0.3 is 0 Å². The molecule has 0 spiro atoms. The maximum atomic E-state index is 13.4. The van der Waals surface area contributed by atoms with Crippen molar-refractivity contribution in [1.82, 2.24) is 4.72 Å². The first-order chi connectivity index (χ1) is 7.63. The van der Waals surface area contributed by atoms with E-state index in [1.807, 2.05) is 0 Å². The highest BCUT2D eigenvalue weighted by atomic mass is 35.5. The summed E-state index contributed by atoms with van der Waals surface area (Å²) >= 11 is 5.67. The summed E-state index contributed by atoms with van der Waals surface area (Å²) in [6.45, 7) is 3.29. The molecule has 0 amide bonds. The molecule has 0 bridgehead atoms. The zero-order valence-electron chi connectivity index (χ0n) is 9.50. The summed E-state index contributed by atoms with van der Waals surface area (Å²) in [6, 6.07) is 3.68. The lowest BCUT2D eigenvalue weighted by Gasteiger charge is -2.19. The topological polar surface area (TPSA) is 72.2 Å². The molecule has 0 aromatic heterocycles. The standard InChI is InChI=1S/C10H14ClFN2O2S/c1-10(2,13)6-14-17(15,16)9-7(11)4-3-5-8(9)12/h3-5,14H,6,13H2,1-2H3. The Balaban J connectivity index is 3.06. The first-order valence-electron chi connectivity index (χ1n) is 4.86. The molecule has 0 atom stereocenters. The van der Waals surface area contributed by atoms with Gasteiger partial charge in [-0.1, -0.05) is 17.7 Å².